The van der Waals surface area contributed by atoms with Crippen molar-refractivity contribution in [1.82, 2.24) is 15.5 Å². The molecule has 0 radical (unpaired) electrons. The van der Waals surface area contributed by atoms with E-state index in [0.717, 1.165) is 43.3 Å². The molecule has 1 amide bonds. The first-order valence-corrected chi connectivity index (χ1v) is 9.32. The van der Waals surface area contributed by atoms with Crippen molar-refractivity contribution in [3.63, 3.8) is 0 Å². The van der Waals surface area contributed by atoms with Gasteiger partial charge in [-0.1, -0.05) is 37.8 Å². The van der Waals surface area contributed by atoms with Crippen LogP contribution in [0.3, 0.4) is 0 Å². The quantitative estimate of drug-likeness (QED) is 0.257. The zero-order valence-electron chi connectivity index (χ0n) is 16.2. The molecule has 27 heavy (non-hydrogen) atoms. The molecule has 1 saturated heterocycles. The van der Waals surface area contributed by atoms with Crippen LogP contribution in [0.25, 0.3) is 0 Å². The number of rotatable bonds is 8. The van der Waals surface area contributed by atoms with Gasteiger partial charge in [0.15, 0.2) is 5.96 Å². The van der Waals surface area contributed by atoms with Gasteiger partial charge in [0.05, 0.1) is 6.54 Å². The van der Waals surface area contributed by atoms with Crippen LogP contribution >= 0.6 is 24.0 Å². The number of ether oxygens (including phenoxy) is 1. The number of halogens is 1. The predicted octanol–water partition coefficient (Wildman–Crippen LogP) is 2.94. The monoisotopic (exact) mass is 486 g/mol. The Morgan fingerprint density at radius 3 is 2.89 bits per heavy atom. The van der Waals surface area contributed by atoms with E-state index in [1.165, 1.54) is 0 Å². The molecule has 7 heteroatoms. The van der Waals surface area contributed by atoms with E-state index in [1.54, 1.807) is 6.08 Å². The number of nitrogens with zero attached hydrogens (tertiary/aromatic N) is 2. The van der Waals surface area contributed by atoms with Crippen molar-refractivity contribution in [2.45, 2.75) is 39.3 Å². The Balaban J connectivity index is 0.00000364. The molecule has 1 atom stereocenters. The van der Waals surface area contributed by atoms with E-state index in [1.807, 2.05) is 43.0 Å². The Labute approximate surface area is 179 Å². The summed E-state index contributed by atoms with van der Waals surface area (Å²) < 4.78 is 5.69. The molecule has 0 saturated carbocycles. The highest BCUT2D eigenvalue weighted by molar-refractivity contribution is 14.0. The second-order valence-corrected chi connectivity index (χ2v) is 6.23. The maximum absolute atomic E-state index is 11.8. The third kappa shape index (κ3) is 7.40. The summed E-state index contributed by atoms with van der Waals surface area (Å²) in [5.41, 5.74) is 1.03. The number of benzene rings is 1. The molecule has 150 valence electrons. The van der Waals surface area contributed by atoms with Crippen molar-refractivity contribution in [3.05, 3.63) is 42.5 Å². The number of carbonyl (C=O) groups is 1. The van der Waals surface area contributed by atoms with Crippen LogP contribution < -0.4 is 15.4 Å². The van der Waals surface area contributed by atoms with E-state index >= 15 is 0 Å². The molecule has 1 aromatic rings. The lowest BCUT2D eigenvalue weighted by molar-refractivity contribution is -0.129. The largest absolute Gasteiger partial charge is 0.489 e. The number of hydrogen-bond acceptors (Lipinski definition) is 3. The van der Waals surface area contributed by atoms with Gasteiger partial charge in [-0.15, -0.1) is 24.0 Å². The van der Waals surface area contributed by atoms with Gasteiger partial charge in [0.25, 0.3) is 0 Å². The van der Waals surface area contributed by atoms with Crippen LogP contribution in [0.2, 0.25) is 0 Å². The fraction of sp³-hybridized carbons (Fsp3) is 0.500. The fourth-order valence-electron chi connectivity index (χ4n) is 2.93. The molecular formula is C20H31IN4O2. The lowest BCUT2D eigenvalue weighted by Crippen LogP contribution is -2.45. The second-order valence-electron chi connectivity index (χ2n) is 6.23. The molecule has 2 N–H and O–H groups in total. The molecule has 0 bridgehead atoms. The molecule has 1 heterocycles. The van der Waals surface area contributed by atoms with Crippen LogP contribution in [0.1, 0.15) is 32.3 Å². The van der Waals surface area contributed by atoms with Crippen LogP contribution in [-0.2, 0) is 11.3 Å². The van der Waals surface area contributed by atoms with Gasteiger partial charge in [0.1, 0.15) is 12.4 Å². The zero-order valence-corrected chi connectivity index (χ0v) is 18.6. The smallest absolute Gasteiger partial charge is 0.222 e. The molecule has 1 aliphatic heterocycles. The first-order chi connectivity index (χ1) is 12.7. The molecule has 2 rings (SSSR count). The minimum Gasteiger partial charge on any atom is -0.489 e. The van der Waals surface area contributed by atoms with Gasteiger partial charge >= 0.3 is 0 Å². The first-order valence-electron chi connectivity index (χ1n) is 9.32. The summed E-state index contributed by atoms with van der Waals surface area (Å²) in [6.07, 6.45) is 3.23. The molecular weight excluding hydrogens is 455 g/mol. The fourth-order valence-corrected chi connectivity index (χ4v) is 2.93. The average molecular weight is 486 g/mol. The number of likely N-dealkylation sites (tertiary alicyclic amines) is 1. The highest BCUT2D eigenvalue weighted by atomic mass is 127. The summed E-state index contributed by atoms with van der Waals surface area (Å²) in [5.74, 6) is 1.80. The highest BCUT2D eigenvalue weighted by Crippen LogP contribution is 2.19. The minimum absolute atomic E-state index is 0. The van der Waals surface area contributed by atoms with E-state index in [2.05, 4.69) is 17.2 Å². The normalized spacial score (nSPS) is 16.4. The Bertz CT molecular complexity index is 636. The van der Waals surface area contributed by atoms with E-state index in [0.29, 0.717) is 19.6 Å². The maximum atomic E-state index is 11.8. The number of para-hydroxylation sites is 1. The minimum atomic E-state index is 0. The average Bonchev–Trinajstić information content (AvgIpc) is 3.13. The summed E-state index contributed by atoms with van der Waals surface area (Å²) in [4.78, 5) is 18.4. The van der Waals surface area contributed by atoms with Crippen molar-refractivity contribution >= 4 is 35.8 Å². The number of nitrogens with one attached hydrogen (secondary N) is 2. The Hall–Kier alpha value is -1.77. The number of amides is 1. The number of guanidine groups is 1. The van der Waals surface area contributed by atoms with E-state index in [-0.39, 0.29) is 35.9 Å². The topological polar surface area (TPSA) is 66.0 Å². The summed E-state index contributed by atoms with van der Waals surface area (Å²) in [7, 11) is 0. The zero-order chi connectivity index (χ0) is 18.8. The maximum Gasteiger partial charge on any atom is 0.222 e. The second kappa shape index (κ2) is 12.6. The summed E-state index contributed by atoms with van der Waals surface area (Å²) in [6.45, 7) is 10.9. The standard InChI is InChI=1S/C20H30N4O2.HI/c1-4-13-26-18-10-8-7-9-16(18)14-22-20(21-6-3)23-17-11-12-24(15-17)19(25)5-2;/h4,7-10,17H,1,5-6,11-15H2,2-3H3,(H2,21,22,23);1H. The van der Waals surface area contributed by atoms with Gasteiger partial charge in [0.2, 0.25) is 5.91 Å². The molecule has 1 unspecified atom stereocenters. The van der Waals surface area contributed by atoms with Crippen molar-refractivity contribution in [2.75, 3.05) is 26.2 Å². The van der Waals surface area contributed by atoms with Crippen LogP contribution in [0.5, 0.6) is 5.75 Å². The van der Waals surface area contributed by atoms with Gasteiger partial charge < -0.3 is 20.3 Å². The molecule has 0 aliphatic carbocycles. The molecule has 1 fully saturated rings. The third-order valence-corrected chi connectivity index (χ3v) is 4.27. The molecule has 1 aromatic carbocycles. The van der Waals surface area contributed by atoms with E-state index in [9.17, 15) is 4.79 Å². The van der Waals surface area contributed by atoms with Gasteiger partial charge in [-0.2, -0.15) is 0 Å². The van der Waals surface area contributed by atoms with Crippen molar-refractivity contribution in [1.29, 1.82) is 0 Å². The summed E-state index contributed by atoms with van der Waals surface area (Å²) >= 11 is 0. The first kappa shape index (κ1) is 23.3. The Morgan fingerprint density at radius 2 is 2.19 bits per heavy atom. The highest BCUT2D eigenvalue weighted by Gasteiger charge is 2.25. The van der Waals surface area contributed by atoms with Crippen molar-refractivity contribution in [2.24, 2.45) is 4.99 Å². The van der Waals surface area contributed by atoms with Gasteiger partial charge in [-0.25, -0.2) is 4.99 Å². The van der Waals surface area contributed by atoms with Gasteiger partial charge in [0, 0.05) is 37.7 Å². The van der Waals surface area contributed by atoms with Crippen LogP contribution in [0, 0.1) is 0 Å². The van der Waals surface area contributed by atoms with E-state index in [4.69, 9.17) is 9.73 Å². The SMILES string of the molecule is C=CCOc1ccccc1CN=C(NCC)NC1CCN(C(=O)CC)C1.I. The van der Waals surface area contributed by atoms with E-state index < -0.39 is 0 Å². The number of aliphatic imine (C=N–C) groups is 1. The predicted molar refractivity (Wildman–Crippen MR) is 121 cm³/mol. The van der Waals surface area contributed by atoms with Crippen LogP contribution in [0.4, 0.5) is 0 Å². The third-order valence-electron chi connectivity index (χ3n) is 4.27. The lowest BCUT2D eigenvalue weighted by atomic mass is 10.2. The Morgan fingerprint density at radius 1 is 1.41 bits per heavy atom. The molecule has 1 aliphatic rings. The van der Waals surface area contributed by atoms with Crippen LogP contribution in [0.15, 0.2) is 41.9 Å². The van der Waals surface area contributed by atoms with Crippen molar-refractivity contribution < 1.29 is 9.53 Å². The molecule has 6 nitrogen and oxygen atoms in total. The van der Waals surface area contributed by atoms with Gasteiger partial charge in [-0.3, -0.25) is 4.79 Å². The molecule has 0 aromatic heterocycles. The lowest BCUT2D eigenvalue weighted by Gasteiger charge is -2.19. The summed E-state index contributed by atoms with van der Waals surface area (Å²) in [5, 5.41) is 6.73. The Kier molecular flexibility index (Phi) is 10.8. The number of carbonyl (C=O) groups excluding carboxylic acids is 1. The van der Waals surface area contributed by atoms with Crippen molar-refractivity contribution in [3.8, 4) is 5.75 Å². The summed E-state index contributed by atoms with van der Waals surface area (Å²) in [6, 6.07) is 8.13. The van der Waals surface area contributed by atoms with Crippen LogP contribution in [-0.4, -0.2) is 49.0 Å². The molecule has 0 spiro atoms. The number of hydrogen-bond donors (Lipinski definition) is 2. The van der Waals surface area contributed by atoms with Gasteiger partial charge in [-0.05, 0) is 19.4 Å².